The fraction of sp³-hybridized carbons (Fsp3) is 0.125. The van der Waals surface area contributed by atoms with E-state index in [4.69, 9.17) is 0 Å². The number of hydrogen-bond donors (Lipinski definition) is 1. The Bertz CT molecular complexity index is 1490. The molecule has 8 heteroatoms. The van der Waals surface area contributed by atoms with Crippen molar-refractivity contribution in [1.82, 2.24) is 19.5 Å². The number of nitrogens with zero attached hydrogens (tertiary/aromatic N) is 4. The number of aryl methyl sites for hydroxylation is 1. The first-order chi connectivity index (χ1) is 15.6. The zero-order chi connectivity index (χ0) is 22.1. The number of rotatable bonds is 5. The Morgan fingerprint density at radius 1 is 1.03 bits per heavy atom. The highest BCUT2D eigenvalue weighted by molar-refractivity contribution is 7.21. The molecular weight excluding hydrogens is 422 g/mol. The molecule has 0 radical (unpaired) electrons. The normalized spacial score (nSPS) is 11.2. The van der Waals surface area contributed by atoms with Gasteiger partial charge in [0.05, 0.1) is 17.2 Å². The molecule has 2 aromatic carbocycles. The molecule has 32 heavy (non-hydrogen) atoms. The summed E-state index contributed by atoms with van der Waals surface area (Å²) in [5.74, 6) is -0.170. The third-order valence-corrected chi connectivity index (χ3v) is 6.33. The third-order valence-electron chi connectivity index (χ3n) is 5.32. The van der Waals surface area contributed by atoms with Crippen LogP contribution in [0.3, 0.4) is 0 Å². The van der Waals surface area contributed by atoms with Gasteiger partial charge in [0.2, 0.25) is 5.91 Å². The summed E-state index contributed by atoms with van der Waals surface area (Å²) >= 11 is 1.52. The number of hydrogen-bond acceptors (Lipinski definition) is 6. The number of fused-ring (bicyclic) bond motifs is 2. The first-order valence-electron chi connectivity index (χ1n) is 10.2. The van der Waals surface area contributed by atoms with Crippen LogP contribution < -0.4 is 10.9 Å². The molecule has 0 aliphatic rings. The van der Waals surface area contributed by atoms with E-state index >= 15 is 0 Å². The molecule has 0 fully saturated rings. The van der Waals surface area contributed by atoms with Gasteiger partial charge in [-0.1, -0.05) is 35.6 Å². The maximum Gasteiger partial charge on any atom is 0.261 e. The van der Waals surface area contributed by atoms with E-state index in [0.717, 1.165) is 32.2 Å². The Kier molecular flexibility index (Phi) is 5.20. The summed E-state index contributed by atoms with van der Waals surface area (Å²) in [7, 11) is 0. The zero-order valence-corrected chi connectivity index (χ0v) is 18.1. The summed E-state index contributed by atoms with van der Waals surface area (Å²) in [4.78, 5) is 39.5. The van der Waals surface area contributed by atoms with E-state index < -0.39 is 0 Å². The van der Waals surface area contributed by atoms with Crippen molar-refractivity contribution in [3.63, 3.8) is 0 Å². The van der Waals surface area contributed by atoms with Gasteiger partial charge in [-0.3, -0.25) is 14.2 Å². The van der Waals surface area contributed by atoms with Crippen LogP contribution in [-0.2, 0) is 11.3 Å². The second-order valence-corrected chi connectivity index (χ2v) is 8.36. The summed E-state index contributed by atoms with van der Waals surface area (Å²) in [6.07, 6.45) is 3.41. The molecule has 1 N–H and O–H groups in total. The molecule has 0 aliphatic carbocycles. The minimum absolute atomic E-state index is 0.147. The van der Waals surface area contributed by atoms with Gasteiger partial charge in [-0.15, -0.1) is 0 Å². The Labute approximate surface area is 187 Å². The predicted octanol–water partition coefficient (Wildman–Crippen LogP) is 4.41. The first-order valence-corrected chi connectivity index (χ1v) is 11.0. The monoisotopic (exact) mass is 441 g/mol. The summed E-state index contributed by atoms with van der Waals surface area (Å²) < 4.78 is 1.47. The smallest absolute Gasteiger partial charge is 0.261 e. The lowest BCUT2D eigenvalue weighted by molar-refractivity contribution is -0.116. The average Bonchev–Trinajstić information content (AvgIpc) is 3.24. The van der Waals surface area contributed by atoms with Crippen LogP contribution in [0.5, 0.6) is 0 Å². The van der Waals surface area contributed by atoms with E-state index in [-0.39, 0.29) is 24.4 Å². The van der Waals surface area contributed by atoms with E-state index in [9.17, 15) is 9.59 Å². The number of para-hydroxylation sites is 1. The van der Waals surface area contributed by atoms with E-state index in [1.807, 2.05) is 43.3 Å². The zero-order valence-electron chi connectivity index (χ0n) is 17.3. The Morgan fingerprint density at radius 3 is 2.75 bits per heavy atom. The molecule has 5 aromatic rings. The summed E-state index contributed by atoms with van der Waals surface area (Å²) in [6.45, 7) is 2.22. The summed E-state index contributed by atoms with van der Waals surface area (Å²) in [6, 6.07) is 16.7. The molecule has 0 aliphatic heterocycles. The maximum atomic E-state index is 12.6. The largest absolute Gasteiger partial charge is 0.326 e. The second-order valence-electron chi connectivity index (χ2n) is 7.38. The van der Waals surface area contributed by atoms with Crippen molar-refractivity contribution in [1.29, 1.82) is 0 Å². The van der Waals surface area contributed by atoms with Crippen LogP contribution in [0.1, 0.15) is 12.0 Å². The van der Waals surface area contributed by atoms with Crippen LogP contribution in [0.2, 0.25) is 0 Å². The molecule has 0 spiro atoms. The van der Waals surface area contributed by atoms with Crippen LogP contribution in [0.25, 0.3) is 31.8 Å². The highest BCUT2D eigenvalue weighted by Crippen LogP contribution is 2.33. The fourth-order valence-electron chi connectivity index (χ4n) is 3.59. The average molecular weight is 442 g/mol. The lowest BCUT2D eigenvalue weighted by Crippen LogP contribution is -2.23. The van der Waals surface area contributed by atoms with Gasteiger partial charge in [-0.25, -0.2) is 15.0 Å². The molecule has 7 nitrogen and oxygen atoms in total. The van der Waals surface area contributed by atoms with Crippen LogP contribution in [0.4, 0.5) is 5.69 Å². The lowest BCUT2D eigenvalue weighted by atomic mass is 10.1. The number of benzene rings is 2. The molecule has 3 heterocycles. The SMILES string of the molecule is Cc1c(NC(=O)CCn2cnc3ccccc3c2=O)cccc1-c1nc2cccnc2s1. The van der Waals surface area contributed by atoms with E-state index in [1.54, 1.807) is 24.4 Å². The topological polar surface area (TPSA) is 89.8 Å². The molecule has 0 bridgehead atoms. The number of thiazole rings is 1. The molecule has 3 aromatic heterocycles. The number of nitrogens with one attached hydrogen (secondary N) is 1. The second kappa shape index (κ2) is 8.32. The molecule has 0 atom stereocenters. The van der Waals surface area contributed by atoms with Gasteiger partial charge >= 0.3 is 0 Å². The number of anilines is 1. The van der Waals surface area contributed by atoms with Gasteiger partial charge in [0.15, 0.2) is 0 Å². The van der Waals surface area contributed by atoms with Crippen molar-refractivity contribution in [3.8, 4) is 10.6 Å². The van der Waals surface area contributed by atoms with Crippen LogP contribution in [0, 0.1) is 6.92 Å². The van der Waals surface area contributed by atoms with E-state index in [2.05, 4.69) is 20.3 Å². The van der Waals surface area contributed by atoms with Crippen molar-refractivity contribution < 1.29 is 4.79 Å². The molecule has 5 rings (SSSR count). The maximum absolute atomic E-state index is 12.6. The van der Waals surface area contributed by atoms with E-state index in [1.165, 1.54) is 22.2 Å². The van der Waals surface area contributed by atoms with Gasteiger partial charge < -0.3 is 5.32 Å². The van der Waals surface area contributed by atoms with Crippen molar-refractivity contribution in [2.45, 2.75) is 19.9 Å². The number of carbonyl (C=O) groups is 1. The van der Waals surface area contributed by atoms with Gasteiger partial charge in [0.25, 0.3) is 5.56 Å². The van der Waals surface area contributed by atoms with Crippen molar-refractivity contribution in [2.75, 3.05) is 5.32 Å². The van der Waals surface area contributed by atoms with Crippen molar-refractivity contribution >= 4 is 44.2 Å². The van der Waals surface area contributed by atoms with Crippen molar-refractivity contribution in [3.05, 3.63) is 83.0 Å². The molecule has 1 amide bonds. The molecule has 0 saturated heterocycles. The number of aromatic nitrogens is 4. The lowest BCUT2D eigenvalue weighted by Gasteiger charge is -2.12. The first kappa shape index (κ1) is 20.0. The standard InChI is InChI=1S/C24H19N5O2S/c1-15-16(22-28-20-10-5-12-25-23(20)32-22)7-4-9-18(15)27-21(30)11-13-29-14-26-19-8-3-2-6-17(19)24(29)31/h2-10,12,14H,11,13H2,1H3,(H,27,30). The third kappa shape index (κ3) is 3.76. The van der Waals surface area contributed by atoms with Gasteiger partial charge in [0, 0.05) is 30.4 Å². The van der Waals surface area contributed by atoms with Crippen LogP contribution in [-0.4, -0.2) is 25.4 Å². The minimum atomic E-state index is -0.170. The van der Waals surface area contributed by atoms with Crippen LogP contribution in [0.15, 0.2) is 71.9 Å². The van der Waals surface area contributed by atoms with Gasteiger partial charge in [-0.2, -0.15) is 0 Å². The molecule has 158 valence electrons. The Balaban J connectivity index is 1.33. The molecular formula is C24H19N5O2S. The minimum Gasteiger partial charge on any atom is -0.326 e. The number of pyridine rings is 1. The van der Waals surface area contributed by atoms with Crippen LogP contribution >= 0.6 is 11.3 Å². The number of carbonyl (C=O) groups excluding carboxylic acids is 1. The van der Waals surface area contributed by atoms with Crippen molar-refractivity contribution in [2.24, 2.45) is 0 Å². The quantitative estimate of drug-likeness (QED) is 0.436. The predicted molar refractivity (Wildman–Crippen MR) is 127 cm³/mol. The highest BCUT2D eigenvalue weighted by atomic mass is 32.1. The Hall–Kier alpha value is -3.91. The Morgan fingerprint density at radius 2 is 1.88 bits per heavy atom. The summed E-state index contributed by atoms with van der Waals surface area (Å²) in [5, 5.41) is 4.38. The molecule has 0 unspecified atom stereocenters. The van der Waals surface area contributed by atoms with Gasteiger partial charge in [-0.05, 0) is 42.8 Å². The highest BCUT2D eigenvalue weighted by Gasteiger charge is 2.13. The van der Waals surface area contributed by atoms with Gasteiger partial charge in [0.1, 0.15) is 15.4 Å². The fourth-order valence-corrected chi connectivity index (χ4v) is 4.58. The number of amides is 1. The summed E-state index contributed by atoms with van der Waals surface area (Å²) in [5.41, 5.74) is 3.98. The van der Waals surface area contributed by atoms with E-state index in [0.29, 0.717) is 10.9 Å². The molecule has 0 saturated carbocycles.